The number of thiophene rings is 1. The fourth-order valence-electron chi connectivity index (χ4n) is 9.15. The second-order valence-corrected chi connectivity index (χ2v) is 21.8. The van der Waals surface area contributed by atoms with Crippen molar-refractivity contribution in [3.8, 4) is 11.8 Å². The van der Waals surface area contributed by atoms with Gasteiger partial charge in [-0.05, 0) is 53.1 Å². The molecule has 4 atom stereocenters. The molecule has 0 spiro atoms. The number of piperazine rings is 1. The third-order valence-corrected chi connectivity index (χ3v) is 15.2. The molecule has 3 fully saturated rings. The van der Waals surface area contributed by atoms with Gasteiger partial charge in [-0.2, -0.15) is 8.78 Å². The summed E-state index contributed by atoms with van der Waals surface area (Å²) >= 11 is 0.900. The Hall–Kier alpha value is -7.22. The number of hydrogen-bond acceptors (Lipinski definition) is 12. The predicted molar refractivity (Wildman–Crippen MR) is 260 cm³/mol. The van der Waals surface area contributed by atoms with Crippen LogP contribution in [0.2, 0.25) is 0 Å². The zero-order chi connectivity index (χ0) is 53.4. The molecule has 0 aliphatic carbocycles. The standard InChI is InChI=1S/C50H50F2N7O13PS/c1-49(2,3)42(55-44(64)37-24-30-23-31(14-16-36(30)74-37)50(51,52)73(69,70)71)48(68)58-20-19-56(26-34(58)46(66)57-21-22-72-35(27-57)28-9-5-4-6-10-28)40(62)25-39(61)53-18-8-12-29-11-7-13-32-41(29)47(67)59(45(32)65)33-15-17-38(60)54-43(33)63/h4-7,9-11,13-14,16,23-24,33-35,42H,15,17-22,25-27H2,1-3H3,(H,53,61)(H,55,64)(H,54,60,63)(H2,69,70,71)/t33?,34-,35?,42+/m0/s1. The van der Waals surface area contributed by atoms with E-state index in [1.807, 2.05) is 30.3 Å². The molecule has 388 valence electrons. The number of nitrogens with zero attached hydrogens (tertiary/aromatic N) is 4. The van der Waals surface area contributed by atoms with Crippen molar-refractivity contribution in [2.24, 2.45) is 5.41 Å². The number of amides is 9. The fourth-order valence-corrected chi connectivity index (χ4v) is 10.6. The van der Waals surface area contributed by atoms with E-state index in [0.29, 0.717) is 4.70 Å². The number of ether oxygens (including phenoxy) is 1. The summed E-state index contributed by atoms with van der Waals surface area (Å²) in [6, 6.07) is 14.1. The molecule has 9 amide bonds. The largest absolute Gasteiger partial charge is 0.399 e. The second-order valence-electron chi connectivity index (χ2n) is 19.1. The summed E-state index contributed by atoms with van der Waals surface area (Å²) in [4.78, 5) is 145. The van der Waals surface area contributed by atoms with E-state index < -0.39 is 108 Å². The van der Waals surface area contributed by atoms with E-state index in [0.717, 1.165) is 33.9 Å². The van der Waals surface area contributed by atoms with Gasteiger partial charge in [0.15, 0.2) is 0 Å². The van der Waals surface area contributed by atoms with Crippen LogP contribution in [0.25, 0.3) is 10.1 Å². The molecular formula is C50H50F2N7O13PS. The van der Waals surface area contributed by atoms with Gasteiger partial charge in [0.05, 0.1) is 42.2 Å². The average molecular weight is 1060 g/mol. The Balaban J connectivity index is 0.965. The van der Waals surface area contributed by atoms with Gasteiger partial charge in [-0.3, -0.25) is 57.9 Å². The fraction of sp³-hybridized carbons (Fsp3) is 0.380. The van der Waals surface area contributed by atoms with Crippen LogP contribution >= 0.6 is 18.9 Å². The van der Waals surface area contributed by atoms with E-state index >= 15 is 0 Å². The zero-order valence-corrected chi connectivity index (χ0v) is 41.8. The molecular weight excluding hydrogens is 1010 g/mol. The summed E-state index contributed by atoms with van der Waals surface area (Å²) in [5, 5.41) is 7.54. The number of carbonyl (C=O) groups excluding carboxylic acids is 9. The molecule has 0 saturated carbocycles. The highest BCUT2D eigenvalue weighted by Crippen LogP contribution is 2.59. The highest BCUT2D eigenvalue weighted by atomic mass is 32.1. The molecule has 20 nitrogen and oxygen atoms in total. The lowest BCUT2D eigenvalue weighted by Crippen LogP contribution is -2.66. The maximum Gasteiger partial charge on any atom is 0.399 e. The number of piperidine rings is 1. The minimum absolute atomic E-state index is 0.000183. The number of nitrogens with one attached hydrogen (secondary N) is 3. The summed E-state index contributed by atoms with van der Waals surface area (Å²) in [6.07, 6.45) is -1.27. The lowest BCUT2D eigenvalue weighted by Gasteiger charge is -2.45. The highest BCUT2D eigenvalue weighted by molar-refractivity contribution is 7.52. The summed E-state index contributed by atoms with van der Waals surface area (Å²) in [5.74, 6) is -0.609. The first-order valence-electron chi connectivity index (χ1n) is 23.4. The van der Waals surface area contributed by atoms with Gasteiger partial charge in [0.25, 0.3) is 17.7 Å². The van der Waals surface area contributed by atoms with Crippen LogP contribution in [0.1, 0.15) is 93.2 Å². The Labute approximate surface area is 425 Å². The van der Waals surface area contributed by atoms with Gasteiger partial charge in [-0.15, -0.1) is 11.3 Å². The molecule has 8 rings (SSSR count). The Morgan fingerprint density at radius 2 is 1.66 bits per heavy atom. The highest BCUT2D eigenvalue weighted by Gasteiger charge is 2.51. The molecule has 5 N–H and O–H groups in total. The van der Waals surface area contributed by atoms with Gasteiger partial charge in [0.1, 0.15) is 30.7 Å². The number of hydrogen-bond donors (Lipinski definition) is 5. The SMILES string of the molecule is CC(C)(C)[C@H](NC(=O)c1cc2cc(C(F)(F)P(=O)(O)O)ccc2s1)C(=O)N1CCN(C(=O)CC(=O)NCC#Cc2cccc3c2C(=O)N(C2CCC(=O)NC2=O)C3=O)C[C@H]1C(=O)N1CCOC(c2ccccc2)C1. The van der Waals surface area contributed by atoms with Crippen LogP contribution in [-0.4, -0.2) is 147 Å². The molecule has 24 heteroatoms. The predicted octanol–water partition coefficient (Wildman–Crippen LogP) is 2.87. The van der Waals surface area contributed by atoms with Crippen molar-refractivity contribution in [2.75, 3.05) is 45.9 Å². The van der Waals surface area contributed by atoms with Gasteiger partial charge >= 0.3 is 13.3 Å². The minimum Gasteiger partial charge on any atom is -0.370 e. The first kappa shape index (κ1) is 53.1. The molecule has 5 heterocycles. The number of halogens is 2. The number of morpholine rings is 1. The lowest BCUT2D eigenvalue weighted by molar-refractivity contribution is -0.158. The second kappa shape index (κ2) is 21.0. The molecule has 3 aromatic carbocycles. The van der Waals surface area contributed by atoms with Gasteiger partial charge < -0.3 is 39.9 Å². The van der Waals surface area contributed by atoms with Crippen molar-refractivity contribution in [1.82, 2.24) is 35.6 Å². The van der Waals surface area contributed by atoms with E-state index in [-0.39, 0.29) is 85.7 Å². The minimum atomic E-state index is -5.88. The van der Waals surface area contributed by atoms with Crippen LogP contribution in [0, 0.1) is 17.3 Å². The summed E-state index contributed by atoms with van der Waals surface area (Å²) in [5.41, 5.74) is -5.48. The third-order valence-electron chi connectivity index (χ3n) is 13.1. The number of fused-ring (bicyclic) bond motifs is 2. The third kappa shape index (κ3) is 10.9. The van der Waals surface area contributed by atoms with E-state index in [4.69, 9.17) is 4.74 Å². The van der Waals surface area contributed by atoms with Gasteiger partial charge in [-0.1, -0.05) is 75.1 Å². The van der Waals surface area contributed by atoms with Gasteiger partial charge in [0.2, 0.25) is 35.4 Å². The van der Waals surface area contributed by atoms with E-state index in [1.54, 1.807) is 20.8 Å². The number of benzene rings is 3. The van der Waals surface area contributed by atoms with Crippen LogP contribution in [-0.2, 0) is 43.7 Å². The average Bonchev–Trinajstić information content (AvgIpc) is 3.91. The van der Waals surface area contributed by atoms with Crippen molar-refractivity contribution in [1.29, 1.82) is 0 Å². The Kier molecular flexibility index (Phi) is 15.0. The number of rotatable bonds is 11. The molecule has 2 unspecified atom stereocenters. The Morgan fingerprint density at radius 3 is 2.36 bits per heavy atom. The first-order chi connectivity index (χ1) is 34.9. The zero-order valence-electron chi connectivity index (χ0n) is 40.1. The normalized spacial score (nSPS) is 19.9. The number of carbonyl (C=O) groups is 9. The van der Waals surface area contributed by atoms with Crippen LogP contribution in [0.5, 0.6) is 0 Å². The molecule has 4 aliphatic rings. The smallest absolute Gasteiger partial charge is 0.370 e. The van der Waals surface area contributed by atoms with Gasteiger partial charge in [-0.25, -0.2) is 0 Å². The van der Waals surface area contributed by atoms with Gasteiger partial charge in [0, 0.05) is 41.9 Å². The topological polar surface area (TPSA) is 269 Å². The molecule has 4 aliphatic heterocycles. The molecule has 1 aromatic heterocycles. The molecule has 74 heavy (non-hydrogen) atoms. The van der Waals surface area contributed by atoms with Crippen molar-refractivity contribution in [2.45, 2.75) is 69.9 Å². The molecule has 0 bridgehead atoms. The lowest BCUT2D eigenvalue weighted by atomic mass is 9.85. The van der Waals surface area contributed by atoms with Crippen molar-refractivity contribution < 1.29 is 71.0 Å². The van der Waals surface area contributed by atoms with Crippen LogP contribution in [0.15, 0.2) is 72.8 Å². The monoisotopic (exact) mass is 1060 g/mol. The summed E-state index contributed by atoms with van der Waals surface area (Å²) in [6.45, 7) is 4.58. The quantitative estimate of drug-likeness (QED) is 0.0627. The summed E-state index contributed by atoms with van der Waals surface area (Å²) in [7, 11) is -5.88. The number of imide groups is 2. The van der Waals surface area contributed by atoms with E-state index in [2.05, 4.69) is 27.8 Å². The number of alkyl halides is 2. The molecule has 4 aromatic rings. The van der Waals surface area contributed by atoms with Crippen molar-refractivity contribution >= 4 is 82.2 Å². The Bertz CT molecular complexity index is 3110. The van der Waals surface area contributed by atoms with Crippen molar-refractivity contribution in [3.05, 3.63) is 105 Å². The van der Waals surface area contributed by atoms with E-state index in [9.17, 15) is 66.3 Å². The first-order valence-corrected chi connectivity index (χ1v) is 25.8. The molecule has 0 radical (unpaired) electrons. The van der Waals surface area contributed by atoms with E-state index in [1.165, 1.54) is 45.0 Å². The maximum absolute atomic E-state index is 14.8. The van der Waals surface area contributed by atoms with Crippen LogP contribution in [0.4, 0.5) is 8.78 Å². The van der Waals surface area contributed by atoms with Crippen LogP contribution < -0.4 is 16.0 Å². The molecule has 3 saturated heterocycles. The van der Waals surface area contributed by atoms with Crippen molar-refractivity contribution in [3.63, 3.8) is 0 Å². The summed E-state index contributed by atoms with van der Waals surface area (Å²) < 4.78 is 47.1. The Morgan fingerprint density at radius 1 is 0.919 bits per heavy atom. The van der Waals surface area contributed by atoms with Crippen LogP contribution in [0.3, 0.4) is 0 Å². The maximum atomic E-state index is 14.8.